The summed E-state index contributed by atoms with van der Waals surface area (Å²) in [4.78, 5) is 10.4. The van der Waals surface area contributed by atoms with E-state index in [2.05, 4.69) is 39.1 Å². The standard InChI is InChI=1S/C20H26ClN3O2/c1-5-13(2)16-10-14(21)6-8-17(16)20(3,4)12-23-19-9-7-15(24(25)26)11-18(19)22/h6-11,13,23H,5,12,22H2,1-4H3. The SMILES string of the molecule is CCC(C)c1cc(Cl)ccc1C(C)(C)CNc1ccc([N+](=O)[O-])cc1N. The quantitative estimate of drug-likeness (QED) is 0.367. The molecular formula is C20H26ClN3O2. The van der Waals surface area contributed by atoms with Crippen LogP contribution in [0.2, 0.25) is 5.02 Å². The molecule has 0 fully saturated rings. The number of nitrogens with two attached hydrogens (primary N) is 1. The molecule has 6 heteroatoms. The monoisotopic (exact) mass is 375 g/mol. The molecule has 0 heterocycles. The minimum absolute atomic E-state index is 0.0101. The smallest absolute Gasteiger partial charge is 0.271 e. The fourth-order valence-electron chi connectivity index (χ4n) is 3.01. The van der Waals surface area contributed by atoms with E-state index in [1.54, 1.807) is 6.07 Å². The van der Waals surface area contributed by atoms with Crippen LogP contribution in [0.3, 0.4) is 0 Å². The topological polar surface area (TPSA) is 81.2 Å². The first-order chi connectivity index (χ1) is 12.2. The van der Waals surface area contributed by atoms with Gasteiger partial charge in [0.25, 0.3) is 5.69 Å². The number of nitrogens with zero attached hydrogens (tertiary/aromatic N) is 1. The number of anilines is 2. The number of halogens is 1. The first kappa shape index (κ1) is 20.0. The normalized spacial score (nSPS) is 12.7. The van der Waals surface area contributed by atoms with Crippen molar-refractivity contribution < 1.29 is 4.92 Å². The first-order valence-electron chi connectivity index (χ1n) is 8.73. The second-order valence-corrected chi connectivity index (χ2v) is 7.74. The molecule has 1 unspecified atom stereocenters. The second-order valence-electron chi connectivity index (χ2n) is 7.31. The average molecular weight is 376 g/mol. The molecule has 2 aromatic carbocycles. The lowest BCUT2D eigenvalue weighted by atomic mass is 9.78. The summed E-state index contributed by atoms with van der Waals surface area (Å²) in [6, 6.07) is 10.5. The van der Waals surface area contributed by atoms with Crippen molar-refractivity contribution in [3.63, 3.8) is 0 Å². The molecule has 2 rings (SSSR count). The summed E-state index contributed by atoms with van der Waals surface area (Å²) in [5, 5.41) is 14.9. The third-order valence-corrected chi connectivity index (χ3v) is 5.09. The Morgan fingerprint density at radius 1 is 1.27 bits per heavy atom. The van der Waals surface area contributed by atoms with E-state index in [4.69, 9.17) is 17.3 Å². The van der Waals surface area contributed by atoms with E-state index in [0.29, 0.717) is 23.8 Å². The van der Waals surface area contributed by atoms with Crippen LogP contribution < -0.4 is 11.1 Å². The van der Waals surface area contributed by atoms with Crippen molar-refractivity contribution in [3.8, 4) is 0 Å². The Hall–Kier alpha value is -2.27. The zero-order chi connectivity index (χ0) is 19.5. The maximum atomic E-state index is 10.8. The maximum absolute atomic E-state index is 10.8. The maximum Gasteiger partial charge on any atom is 0.271 e. The van der Waals surface area contributed by atoms with Crippen LogP contribution >= 0.6 is 11.6 Å². The summed E-state index contributed by atoms with van der Waals surface area (Å²) in [7, 11) is 0. The van der Waals surface area contributed by atoms with Gasteiger partial charge in [0.05, 0.1) is 16.3 Å². The first-order valence-corrected chi connectivity index (χ1v) is 9.11. The fraction of sp³-hybridized carbons (Fsp3) is 0.400. The predicted octanol–water partition coefficient (Wildman–Crippen LogP) is 5.73. The number of nitro groups is 1. The summed E-state index contributed by atoms with van der Waals surface area (Å²) >= 11 is 6.21. The number of nitro benzene ring substituents is 1. The molecule has 0 amide bonds. The Morgan fingerprint density at radius 3 is 2.54 bits per heavy atom. The van der Waals surface area contributed by atoms with Crippen LogP contribution in [0.25, 0.3) is 0 Å². The molecule has 0 radical (unpaired) electrons. The van der Waals surface area contributed by atoms with Gasteiger partial charge in [-0.25, -0.2) is 0 Å². The van der Waals surface area contributed by atoms with Gasteiger partial charge in [0.1, 0.15) is 0 Å². The molecule has 0 aliphatic carbocycles. The Kier molecular flexibility index (Phi) is 6.13. The molecular weight excluding hydrogens is 350 g/mol. The molecule has 140 valence electrons. The minimum Gasteiger partial charge on any atom is -0.397 e. The number of hydrogen-bond donors (Lipinski definition) is 2. The van der Waals surface area contributed by atoms with E-state index < -0.39 is 4.92 Å². The van der Waals surface area contributed by atoms with E-state index in [0.717, 1.165) is 11.4 Å². The zero-order valence-corrected chi connectivity index (χ0v) is 16.4. The molecule has 0 aliphatic heterocycles. The summed E-state index contributed by atoms with van der Waals surface area (Å²) < 4.78 is 0. The molecule has 0 spiro atoms. The van der Waals surface area contributed by atoms with Gasteiger partial charge in [-0.15, -0.1) is 0 Å². The lowest BCUT2D eigenvalue weighted by Gasteiger charge is -2.30. The van der Waals surface area contributed by atoms with Gasteiger partial charge in [0, 0.05) is 29.1 Å². The van der Waals surface area contributed by atoms with Gasteiger partial charge in [-0.05, 0) is 41.7 Å². The summed E-state index contributed by atoms with van der Waals surface area (Å²) in [6.45, 7) is 9.33. The van der Waals surface area contributed by atoms with Gasteiger partial charge in [-0.2, -0.15) is 0 Å². The molecule has 0 saturated carbocycles. The van der Waals surface area contributed by atoms with Gasteiger partial charge >= 0.3 is 0 Å². The lowest BCUT2D eigenvalue weighted by molar-refractivity contribution is -0.384. The Bertz CT molecular complexity index is 806. The van der Waals surface area contributed by atoms with E-state index >= 15 is 0 Å². The van der Waals surface area contributed by atoms with E-state index in [9.17, 15) is 10.1 Å². The van der Waals surface area contributed by atoms with E-state index in [1.165, 1.54) is 23.3 Å². The number of hydrogen-bond acceptors (Lipinski definition) is 4. The van der Waals surface area contributed by atoms with Crippen molar-refractivity contribution in [2.45, 2.75) is 45.4 Å². The molecule has 0 saturated heterocycles. The number of benzene rings is 2. The highest BCUT2D eigenvalue weighted by Gasteiger charge is 2.25. The van der Waals surface area contributed by atoms with Gasteiger partial charge in [-0.3, -0.25) is 10.1 Å². The Labute approximate surface area is 159 Å². The van der Waals surface area contributed by atoms with Crippen LogP contribution in [0.15, 0.2) is 36.4 Å². The molecule has 0 bridgehead atoms. The highest BCUT2D eigenvalue weighted by Crippen LogP contribution is 2.35. The van der Waals surface area contributed by atoms with Crippen molar-refractivity contribution >= 4 is 28.7 Å². The van der Waals surface area contributed by atoms with Crippen molar-refractivity contribution in [1.82, 2.24) is 0 Å². The molecule has 5 nitrogen and oxygen atoms in total. The van der Waals surface area contributed by atoms with Crippen LogP contribution in [0.1, 0.15) is 51.2 Å². The molecule has 0 aliphatic rings. The van der Waals surface area contributed by atoms with E-state index in [1.807, 2.05) is 12.1 Å². The van der Waals surface area contributed by atoms with Gasteiger partial charge in [0.2, 0.25) is 0 Å². The highest BCUT2D eigenvalue weighted by atomic mass is 35.5. The fourth-order valence-corrected chi connectivity index (χ4v) is 3.19. The Balaban J connectivity index is 2.25. The van der Waals surface area contributed by atoms with E-state index in [-0.39, 0.29) is 11.1 Å². The number of rotatable bonds is 7. The van der Waals surface area contributed by atoms with Crippen molar-refractivity contribution in [2.24, 2.45) is 0 Å². The summed E-state index contributed by atoms with van der Waals surface area (Å²) in [5.41, 5.74) is 9.34. The van der Waals surface area contributed by atoms with Gasteiger partial charge in [-0.1, -0.05) is 45.4 Å². The van der Waals surface area contributed by atoms with Crippen molar-refractivity contribution in [2.75, 3.05) is 17.6 Å². The van der Waals surface area contributed by atoms with Gasteiger partial charge in [0.15, 0.2) is 0 Å². The van der Waals surface area contributed by atoms with Crippen LogP contribution in [0.4, 0.5) is 17.1 Å². The van der Waals surface area contributed by atoms with Gasteiger partial charge < -0.3 is 11.1 Å². The predicted molar refractivity (Wildman–Crippen MR) is 109 cm³/mol. The molecule has 1 atom stereocenters. The summed E-state index contributed by atoms with van der Waals surface area (Å²) in [5.74, 6) is 0.410. The lowest BCUT2D eigenvalue weighted by Crippen LogP contribution is -2.29. The molecule has 0 aromatic heterocycles. The van der Waals surface area contributed by atoms with Crippen LogP contribution in [-0.4, -0.2) is 11.5 Å². The summed E-state index contributed by atoms with van der Waals surface area (Å²) in [6.07, 6.45) is 1.03. The average Bonchev–Trinajstić information content (AvgIpc) is 2.59. The molecule has 26 heavy (non-hydrogen) atoms. The molecule has 2 aromatic rings. The largest absolute Gasteiger partial charge is 0.397 e. The Morgan fingerprint density at radius 2 is 1.96 bits per heavy atom. The zero-order valence-electron chi connectivity index (χ0n) is 15.7. The number of nitrogens with one attached hydrogen (secondary N) is 1. The van der Waals surface area contributed by atoms with Crippen molar-refractivity contribution in [1.29, 1.82) is 0 Å². The highest BCUT2D eigenvalue weighted by molar-refractivity contribution is 6.30. The third-order valence-electron chi connectivity index (χ3n) is 4.85. The third kappa shape index (κ3) is 4.47. The second kappa shape index (κ2) is 7.96. The van der Waals surface area contributed by atoms with Crippen LogP contribution in [0, 0.1) is 10.1 Å². The van der Waals surface area contributed by atoms with Crippen LogP contribution in [-0.2, 0) is 5.41 Å². The number of non-ortho nitro benzene ring substituents is 1. The molecule has 3 N–H and O–H groups in total. The van der Waals surface area contributed by atoms with Crippen molar-refractivity contribution in [3.05, 3.63) is 62.7 Å². The van der Waals surface area contributed by atoms with Crippen LogP contribution in [0.5, 0.6) is 0 Å². The number of nitrogen functional groups attached to an aromatic ring is 1. The minimum atomic E-state index is -0.448.